The van der Waals surface area contributed by atoms with Gasteiger partial charge in [-0.1, -0.05) is 40.7 Å². The van der Waals surface area contributed by atoms with Crippen LogP contribution in [0.1, 0.15) is 87.1 Å². The molecule has 0 saturated heterocycles. The van der Waals surface area contributed by atoms with Crippen LogP contribution in [0.5, 0.6) is 0 Å². The highest BCUT2D eigenvalue weighted by Crippen LogP contribution is 2.44. The zero-order valence-corrected chi connectivity index (χ0v) is 16.1. The summed E-state index contributed by atoms with van der Waals surface area (Å²) in [5, 5.41) is 0. The number of hydrogen-bond acceptors (Lipinski definition) is 1. The molecule has 1 aromatic rings. The van der Waals surface area contributed by atoms with Crippen molar-refractivity contribution in [2.24, 2.45) is 5.92 Å². The molecule has 1 aromatic carbocycles. The Kier molecular flexibility index (Phi) is 5.06. The Morgan fingerprint density at radius 1 is 1.05 bits per heavy atom. The molecule has 1 unspecified atom stereocenters. The Labute approximate surface area is 138 Å². The van der Waals surface area contributed by atoms with Crippen LogP contribution in [0.15, 0.2) is 6.07 Å². The average molecular weight is 302 g/mol. The number of likely N-dealkylation sites (N-methyl/N-ethyl adjacent to an activating group) is 1. The third-order valence-electron chi connectivity index (χ3n) is 6.13. The maximum absolute atomic E-state index is 2.58. The number of hydrogen-bond donors (Lipinski definition) is 0. The summed E-state index contributed by atoms with van der Waals surface area (Å²) in [7, 11) is 2.31. The molecule has 0 radical (unpaired) electrons. The fraction of sp³-hybridized carbons (Fsp3) is 0.714. The van der Waals surface area contributed by atoms with Gasteiger partial charge < -0.3 is 4.90 Å². The smallest absolute Gasteiger partial charge is 0.0130 e. The van der Waals surface area contributed by atoms with E-state index in [0.29, 0.717) is 29.7 Å². The molecule has 0 aliphatic carbocycles. The van der Waals surface area contributed by atoms with Crippen molar-refractivity contribution in [2.45, 2.75) is 79.2 Å². The molecule has 0 amide bonds. The highest BCUT2D eigenvalue weighted by molar-refractivity contribution is 5.51. The van der Waals surface area contributed by atoms with E-state index >= 15 is 0 Å². The van der Waals surface area contributed by atoms with E-state index in [0.717, 1.165) is 0 Å². The zero-order chi connectivity index (χ0) is 16.8. The molecule has 3 atom stereocenters. The van der Waals surface area contributed by atoms with Gasteiger partial charge in [-0.3, -0.25) is 0 Å². The number of nitrogens with zero attached hydrogens (tertiary/aromatic N) is 1. The minimum absolute atomic E-state index is 0.597. The van der Waals surface area contributed by atoms with Crippen molar-refractivity contribution >= 4 is 0 Å². The molecule has 0 spiro atoms. The van der Waals surface area contributed by atoms with Gasteiger partial charge >= 0.3 is 0 Å². The van der Waals surface area contributed by atoms with Gasteiger partial charge in [-0.2, -0.15) is 0 Å². The number of fused-ring (bicyclic) bond motifs is 1. The van der Waals surface area contributed by atoms with Gasteiger partial charge in [-0.05, 0) is 79.3 Å². The predicted octanol–water partition coefficient (Wildman–Crippen LogP) is 5.60. The van der Waals surface area contributed by atoms with E-state index in [2.05, 4.69) is 73.4 Å². The van der Waals surface area contributed by atoms with Gasteiger partial charge in [0.2, 0.25) is 0 Å². The highest BCUT2D eigenvalue weighted by Gasteiger charge is 2.34. The molecule has 1 heterocycles. The van der Waals surface area contributed by atoms with E-state index in [1.165, 1.54) is 17.7 Å². The minimum atomic E-state index is 0.597. The second kappa shape index (κ2) is 6.35. The molecule has 2 rings (SSSR count). The normalized spacial score (nSPS) is 26.4. The second-order valence-electron chi connectivity index (χ2n) is 8.21. The summed E-state index contributed by atoms with van der Waals surface area (Å²) < 4.78 is 0. The van der Waals surface area contributed by atoms with Crippen LogP contribution >= 0.6 is 0 Å². The molecule has 0 saturated carbocycles. The lowest BCUT2D eigenvalue weighted by Gasteiger charge is -2.30. The molecule has 1 nitrogen and oxygen atoms in total. The highest BCUT2D eigenvalue weighted by atomic mass is 15.1. The van der Waals surface area contributed by atoms with Gasteiger partial charge in [-0.25, -0.2) is 0 Å². The summed E-state index contributed by atoms with van der Waals surface area (Å²) in [5.74, 6) is 2.52. The first kappa shape index (κ1) is 17.5. The van der Waals surface area contributed by atoms with Crippen LogP contribution in [0.2, 0.25) is 0 Å². The molecule has 1 aliphatic rings. The van der Waals surface area contributed by atoms with Gasteiger partial charge in [0, 0.05) is 12.6 Å². The van der Waals surface area contributed by atoms with Crippen molar-refractivity contribution < 1.29 is 0 Å². The van der Waals surface area contributed by atoms with Gasteiger partial charge in [-0.15, -0.1) is 0 Å². The Hall–Kier alpha value is -0.820. The largest absolute Gasteiger partial charge is 0.302 e. The number of aryl methyl sites for hydroxylation is 1. The standard InChI is InChI=1S/C21H35N/c1-12(2)18-10-14(5)15(6)20-16(7)17(8)22(9)11-19(13(3)4)21(18)20/h10,12-13,16-17,19H,11H2,1-9H3/t16-,17+,19?/m0/s1. The maximum Gasteiger partial charge on any atom is 0.0130 e. The lowest BCUT2D eigenvalue weighted by Crippen LogP contribution is -2.34. The van der Waals surface area contributed by atoms with Gasteiger partial charge in [0.1, 0.15) is 0 Å². The molecule has 0 aromatic heterocycles. The van der Waals surface area contributed by atoms with Crippen LogP contribution in [0, 0.1) is 19.8 Å². The van der Waals surface area contributed by atoms with Gasteiger partial charge in [0.15, 0.2) is 0 Å². The Balaban J connectivity index is 2.81. The minimum Gasteiger partial charge on any atom is -0.302 e. The van der Waals surface area contributed by atoms with Crippen LogP contribution in [0.3, 0.4) is 0 Å². The van der Waals surface area contributed by atoms with Crippen LogP contribution in [0.4, 0.5) is 0 Å². The topological polar surface area (TPSA) is 3.24 Å². The molecule has 22 heavy (non-hydrogen) atoms. The maximum atomic E-state index is 2.58. The average Bonchev–Trinajstić information content (AvgIpc) is 2.53. The van der Waals surface area contributed by atoms with Crippen LogP contribution < -0.4 is 0 Å². The van der Waals surface area contributed by atoms with E-state index in [4.69, 9.17) is 0 Å². The fourth-order valence-electron chi connectivity index (χ4n) is 4.20. The quantitative estimate of drug-likeness (QED) is 0.687. The first-order valence-electron chi connectivity index (χ1n) is 9.00. The third-order valence-corrected chi connectivity index (χ3v) is 6.13. The van der Waals surface area contributed by atoms with Crippen molar-refractivity contribution in [3.05, 3.63) is 33.9 Å². The Morgan fingerprint density at radius 3 is 2.14 bits per heavy atom. The predicted molar refractivity (Wildman–Crippen MR) is 98.1 cm³/mol. The van der Waals surface area contributed by atoms with E-state index in [1.54, 1.807) is 16.7 Å². The summed E-state index contributed by atoms with van der Waals surface area (Å²) in [6.07, 6.45) is 0. The fourth-order valence-corrected chi connectivity index (χ4v) is 4.20. The van der Waals surface area contributed by atoms with E-state index in [1.807, 2.05) is 0 Å². The molecule has 124 valence electrons. The monoisotopic (exact) mass is 301 g/mol. The molecule has 1 aliphatic heterocycles. The summed E-state index contributed by atoms with van der Waals surface area (Å²) in [6.45, 7) is 20.1. The second-order valence-corrected chi connectivity index (χ2v) is 8.21. The zero-order valence-electron chi connectivity index (χ0n) is 16.1. The summed E-state index contributed by atoms with van der Waals surface area (Å²) in [6, 6.07) is 3.07. The van der Waals surface area contributed by atoms with Crippen LogP contribution in [-0.2, 0) is 0 Å². The number of rotatable bonds is 2. The first-order chi connectivity index (χ1) is 10.2. The van der Waals surface area contributed by atoms with E-state index < -0.39 is 0 Å². The molecule has 0 N–H and O–H groups in total. The van der Waals surface area contributed by atoms with Crippen molar-refractivity contribution in [2.75, 3.05) is 13.6 Å². The third kappa shape index (κ3) is 2.85. The molecular weight excluding hydrogens is 266 g/mol. The lowest BCUT2D eigenvalue weighted by atomic mass is 9.75. The van der Waals surface area contributed by atoms with Crippen LogP contribution in [-0.4, -0.2) is 24.5 Å². The van der Waals surface area contributed by atoms with Crippen molar-refractivity contribution in [3.8, 4) is 0 Å². The first-order valence-corrected chi connectivity index (χ1v) is 9.00. The SMILES string of the molecule is Cc1cc(C(C)C)c2c(c1C)[C@@H](C)[C@@H](C)N(C)CC2C(C)C. The van der Waals surface area contributed by atoms with E-state index in [9.17, 15) is 0 Å². The lowest BCUT2D eigenvalue weighted by molar-refractivity contribution is 0.216. The van der Waals surface area contributed by atoms with Crippen LogP contribution in [0.25, 0.3) is 0 Å². The molecular formula is C21H35N. The Bertz CT molecular complexity index is 541. The molecule has 0 bridgehead atoms. The van der Waals surface area contributed by atoms with Crippen molar-refractivity contribution in [3.63, 3.8) is 0 Å². The molecule has 1 heteroatoms. The van der Waals surface area contributed by atoms with Gasteiger partial charge in [0.05, 0.1) is 0 Å². The molecule has 0 fully saturated rings. The van der Waals surface area contributed by atoms with Crippen molar-refractivity contribution in [1.82, 2.24) is 4.90 Å². The van der Waals surface area contributed by atoms with E-state index in [-0.39, 0.29) is 0 Å². The Morgan fingerprint density at radius 2 is 1.64 bits per heavy atom. The summed E-state index contributed by atoms with van der Waals surface area (Å²) in [5.41, 5.74) is 7.91. The summed E-state index contributed by atoms with van der Waals surface area (Å²) in [4.78, 5) is 2.58. The number of benzene rings is 1. The van der Waals surface area contributed by atoms with Gasteiger partial charge in [0.25, 0.3) is 0 Å². The van der Waals surface area contributed by atoms with Crippen molar-refractivity contribution in [1.29, 1.82) is 0 Å². The summed E-state index contributed by atoms with van der Waals surface area (Å²) >= 11 is 0.